The minimum Gasteiger partial charge on any atom is -0.444 e. The first kappa shape index (κ1) is 18.1. The molecule has 136 valence electrons. The summed E-state index contributed by atoms with van der Waals surface area (Å²) in [4.78, 5) is 4.52. The highest BCUT2D eigenvalue weighted by molar-refractivity contribution is 7.98. The highest BCUT2D eigenvalue weighted by Gasteiger charge is 2.12. The summed E-state index contributed by atoms with van der Waals surface area (Å²) in [5, 5.41) is 10.3. The molecule has 4 rings (SSSR count). The Hall–Kier alpha value is -2.28. The van der Waals surface area contributed by atoms with E-state index < -0.39 is 0 Å². The molecule has 8 heteroatoms. The lowest BCUT2D eigenvalue weighted by atomic mass is 10.2. The number of hydrogen-bond acceptors (Lipinski definition) is 5. The molecule has 4 aromatic rings. The lowest BCUT2D eigenvalue weighted by Crippen LogP contribution is -1.96. The summed E-state index contributed by atoms with van der Waals surface area (Å²) in [7, 11) is 0. The molecule has 0 atom stereocenters. The normalized spacial score (nSPS) is 11.1. The summed E-state index contributed by atoms with van der Waals surface area (Å²) < 4.78 is 7.47. The number of rotatable bonds is 5. The second-order valence-corrected chi connectivity index (χ2v) is 7.65. The van der Waals surface area contributed by atoms with Gasteiger partial charge < -0.3 is 4.42 Å². The summed E-state index contributed by atoms with van der Waals surface area (Å²) in [6.07, 6.45) is 3.32. The van der Waals surface area contributed by atoms with Gasteiger partial charge in [0.25, 0.3) is 0 Å². The molecule has 0 aliphatic rings. The van der Waals surface area contributed by atoms with Gasteiger partial charge in [0.05, 0.1) is 11.4 Å². The molecule has 0 bridgehead atoms. The molecule has 0 saturated heterocycles. The van der Waals surface area contributed by atoms with Gasteiger partial charge in [-0.3, -0.25) is 4.57 Å². The molecule has 0 aliphatic carbocycles. The minimum atomic E-state index is 0.542. The number of halogens is 2. The van der Waals surface area contributed by atoms with Gasteiger partial charge >= 0.3 is 0 Å². The van der Waals surface area contributed by atoms with Crippen molar-refractivity contribution in [2.24, 2.45) is 0 Å². The van der Waals surface area contributed by atoms with E-state index in [1.165, 1.54) is 11.8 Å². The SMILES string of the molecule is Cc1ccc(-n2cnnc2SCc2coc(-c3cccc(Cl)c3)n2)cc1Cl. The molecule has 0 spiro atoms. The molecule has 0 saturated carbocycles. The Morgan fingerprint density at radius 1 is 1.15 bits per heavy atom. The largest absolute Gasteiger partial charge is 0.444 e. The van der Waals surface area contributed by atoms with Crippen LogP contribution in [0, 0.1) is 6.92 Å². The van der Waals surface area contributed by atoms with Crippen LogP contribution >= 0.6 is 35.0 Å². The van der Waals surface area contributed by atoms with Crippen LogP contribution in [0.5, 0.6) is 0 Å². The lowest BCUT2D eigenvalue weighted by molar-refractivity contribution is 0.573. The Labute approximate surface area is 170 Å². The molecular weight excluding hydrogens is 403 g/mol. The fraction of sp³-hybridized carbons (Fsp3) is 0.105. The van der Waals surface area contributed by atoms with Crippen LogP contribution in [0.3, 0.4) is 0 Å². The summed E-state index contributed by atoms with van der Waals surface area (Å²) in [5.41, 5.74) is 3.60. The van der Waals surface area contributed by atoms with Crippen LogP contribution < -0.4 is 0 Å². The van der Waals surface area contributed by atoms with Crippen LogP contribution in [0.15, 0.2) is 64.6 Å². The molecular formula is C19H14Cl2N4OS. The van der Waals surface area contributed by atoms with Crippen molar-refractivity contribution in [1.82, 2.24) is 19.7 Å². The Balaban J connectivity index is 1.50. The molecule has 0 amide bonds. The summed E-state index contributed by atoms with van der Waals surface area (Å²) in [6.45, 7) is 1.97. The quantitative estimate of drug-likeness (QED) is 0.383. The van der Waals surface area contributed by atoms with Crippen molar-refractivity contribution in [2.45, 2.75) is 17.8 Å². The maximum atomic E-state index is 6.24. The summed E-state index contributed by atoms with van der Waals surface area (Å²) >= 11 is 13.8. The average Bonchev–Trinajstić information content (AvgIpc) is 3.31. The van der Waals surface area contributed by atoms with Crippen molar-refractivity contribution in [3.05, 3.63) is 76.4 Å². The molecule has 0 aliphatic heterocycles. The predicted octanol–water partition coefficient (Wildman–Crippen LogP) is 5.83. The molecule has 0 fully saturated rings. The van der Waals surface area contributed by atoms with E-state index >= 15 is 0 Å². The van der Waals surface area contributed by atoms with Crippen molar-refractivity contribution in [1.29, 1.82) is 0 Å². The van der Waals surface area contributed by atoms with Gasteiger partial charge in [-0.05, 0) is 42.8 Å². The van der Waals surface area contributed by atoms with Crippen molar-refractivity contribution in [2.75, 3.05) is 0 Å². The zero-order valence-electron chi connectivity index (χ0n) is 14.3. The Morgan fingerprint density at radius 2 is 2.04 bits per heavy atom. The van der Waals surface area contributed by atoms with Crippen molar-refractivity contribution >= 4 is 35.0 Å². The first-order chi connectivity index (χ1) is 13.1. The third-order valence-corrected chi connectivity index (χ3v) is 5.54. The van der Waals surface area contributed by atoms with Crippen molar-refractivity contribution in [3.63, 3.8) is 0 Å². The number of aryl methyl sites for hydroxylation is 1. The Bertz CT molecular complexity index is 1090. The summed E-state index contributed by atoms with van der Waals surface area (Å²) in [6, 6.07) is 13.3. The number of hydrogen-bond donors (Lipinski definition) is 0. The highest BCUT2D eigenvalue weighted by atomic mass is 35.5. The van der Waals surface area contributed by atoms with Crippen LogP contribution in [0.25, 0.3) is 17.1 Å². The zero-order chi connectivity index (χ0) is 18.8. The zero-order valence-corrected chi connectivity index (χ0v) is 16.6. The molecule has 2 heterocycles. The number of aromatic nitrogens is 4. The summed E-state index contributed by atoms with van der Waals surface area (Å²) in [5.74, 6) is 1.14. The standard InChI is InChI=1S/C19H14Cl2N4OS/c1-12-5-6-16(8-17(12)21)25-11-22-24-19(25)27-10-15-9-26-18(23-15)13-3-2-4-14(20)7-13/h2-9,11H,10H2,1H3. The van der Waals surface area contributed by atoms with Gasteiger partial charge in [0.1, 0.15) is 12.6 Å². The molecule has 0 unspecified atom stereocenters. The van der Waals surface area contributed by atoms with Crippen LogP contribution in [0.2, 0.25) is 10.0 Å². The molecule has 2 aromatic carbocycles. The van der Waals surface area contributed by atoms with Crippen LogP contribution in [0.1, 0.15) is 11.3 Å². The van der Waals surface area contributed by atoms with E-state index in [-0.39, 0.29) is 0 Å². The van der Waals surface area contributed by atoms with Gasteiger partial charge in [0.2, 0.25) is 5.89 Å². The van der Waals surface area contributed by atoms with Gasteiger partial charge in [-0.25, -0.2) is 4.98 Å². The predicted molar refractivity (Wildman–Crippen MR) is 108 cm³/mol. The molecule has 27 heavy (non-hydrogen) atoms. The van der Waals surface area contributed by atoms with Crippen LogP contribution in [-0.4, -0.2) is 19.7 Å². The first-order valence-electron chi connectivity index (χ1n) is 8.10. The van der Waals surface area contributed by atoms with E-state index in [4.69, 9.17) is 27.6 Å². The lowest BCUT2D eigenvalue weighted by Gasteiger charge is -2.07. The van der Waals surface area contributed by atoms with Crippen LogP contribution in [-0.2, 0) is 5.75 Å². The number of thioether (sulfide) groups is 1. The minimum absolute atomic E-state index is 0.542. The Morgan fingerprint density at radius 3 is 2.85 bits per heavy atom. The Kier molecular flexibility index (Phi) is 5.20. The van der Waals surface area contributed by atoms with E-state index in [2.05, 4.69) is 15.2 Å². The third-order valence-electron chi connectivity index (χ3n) is 3.92. The smallest absolute Gasteiger partial charge is 0.226 e. The maximum absolute atomic E-state index is 6.24. The number of oxazole rings is 1. The van der Waals surface area contributed by atoms with Gasteiger partial charge in [0.15, 0.2) is 5.16 Å². The fourth-order valence-electron chi connectivity index (χ4n) is 2.50. The second kappa shape index (κ2) is 7.76. The van der Waals surface area contributed by atoms with Crippen molar-refractivity contribution < 1.29 is 4.42 Å². The van der Waals surface area contributed by atoms with E-state index in [0.717, 1.165) is 27.7 Å². The maximum Gasteiger partial charge on any atom is 0.226 e. The monoisotopic (exact) mass is 416 g/mol. The molecule has 0 N–H and O–H groups in total. The molecule has 5 nitrogen and oxygen atoms in total. The topological polar surface area (TPSA) is 56.7 Å². The van der Waals surface area contributed by atoms with Crippen molar-refractivity contribution in [3.8, 4) is 17.1 Å². The molecule has 0 radical (unpaired) electrons. The highest BCUT2D eigenvalue weighted by Crippen LogP contribution is 2.27. The fourth-order valence-corrected chi connectivity index (χ4v) is 3.67. The first-order valence-corrected chi connectivity index (χ1v) is 9.84. The number of benzene rings is 2. The van der Waals surface area contributed by atoms with E-state index in [0.29, 0.717) is 21.7 Å². The van der Waals surface area contributed by atoms with E-state index in [9.17, 15) is 0 Å². The number of nitrogens with zero attached hydrogens (tertiary/aromatic N) is 4. The van der Waals surface area contributed by atoms with Crippen LogP contribution in [0.4, 0.5) is 0 Å². The van der Waals surface area contributed by atoms with Gasteiger partial charge in [-0.15, -0.1) is 10.2 Å². The van der Waals surface area contributed by atoms with Gasteiger partial charge in [0, 0.05) is 21.4 Å². The average molecular weight is 417 g/mol. The second-order valence-electron chi connectivity index (χ2n) is 5.86. The third kappa shape index (κ3) is 4.03. The van der Waals surface area contributed by atoms with E-state index in [1.807, 2.05) is 54.0 Å². The molecule has 2 aromatic heterocycles. The van der Waals surface area contributed by atoms with Gasteiger partial charge in [-0.1, -0.05) is 47.1 Å². The van der Waals surface area contributed by atoms with Gasteiger partial charge in [-0.2, -0.15) is 0 Å². The van der Waals surface area contributed by atoms with E-state index in [1.54, 1.807) is 12.6 Å².